The van der Waals surface area contributed by atoms with Crippen molar-refractivity contribution in [3.63, 3.8) is 0 Å². The maximum atomic E-state index is 10.6. The molecule has 0 bridgehead atoms. The summed E-state index contributed by atoms with van der Waals surface area (Å²) in [6.07, 6.45) is 1.02. The summed E-state index contributed by atoms with van der Waals surface area (Å²) in [6.45, 7) is 9.73. The molecule has 0 aliphatic carbocycles. The molecule has 1 unspecified atom stereocenters. The standard InChI is InChI=1S/C12H24N2O2/c1-12(2,3)14-8-7-13(4)10(9-14)5-6-11(15)16/h10H,5-9H2,1-4H3,(H,15,16). The lowest BCUT2D eigenvalue weighted by Gasteiger charge is -2.45. The third kappa shape index (κ3) is 3.76. The van der Waals surface area contributed by atoms with E-state index in [1.165, 1.54) is 0 Å². The highest BCUT2D eigenvalue weighted by Gasteiger charge is 2.30. The van der Waals surface area contributed by atoms with E-state index in [1.807, 2.05) is 0 Å². The molecule has 1 aliphatic heterocycles. The van der Waals surface area contributed by atoms with Crippen LogP contribution in [0.4, 0.5) is 0 Å². The molecule has 0 spiro atoms. The monoisotopic (exact) mass is 228 g/mol. The van der Waals surface area contributed by atoms with Gasteiger partial charge in [-0.15, -0.1) is 0 Å². The summed E-state index contributed by atoms with van der Waals surface area (Å²) in [6, 6.07) is 0.379. The Morgan fingerprint density at radius 1 is 1.38 bits per heavy atom. The Balaban J connectivity index is 2.51. The minimum absolute atomic E-state index is 0.183. The Morgan fingerprint density at radius 2 is 2.00 bits per heavy atom. The van der Waals surface area contributed by atoms with Crippen LogP contribution in [0.3, 0.4) is 0 Å². The number of aliphatic carboxylic acids is 1. The number of carbonyl (C=O) groups is 1. The fourth-order valence-electron chi connectivity index (χ4n) is 2.16. The van der Waals surface area contributed by atoms with Crippen molar-refractivity contribution in [3.05, 3.63) is 0 Å². The minimum atomic E-state index is -0.693. The molecule has 1 fully saturated rings. The SMILES string of the molecule is CN1CCN(C(C)(C)C)CC1CCC(=O)O. The van der Waals surface area contributed by atoms with E-state index >= 15 is 0 Å². The summed E-state index contributed by atoms with van der Waals surface area (Å²) < 4.78 is 0. The highest BCUT2D eigenvalue weighted by Crippen LogP contribution is 2.20. The molecular weight excluding hydrogens is 204 g/mol. The molecule has 4 nitrogen and oxygen atoms in total. The first-order valence-corrected chi connectivity index (χ1v) is 5.98. The predicted octanol–water partition coefficient (Wildman–Crippen LogP) is 1.27. The van der Waals surface area contributed by atoms with E-state index in [-0.39, 0.29) is 12.0 Å². The molecule has 0 aromatic rings. The summed E-state index contributed by atoms with van der Waals surface area (Å²) in [5.41, 5.74) is 0.183. The van der Waals surface area contributed by atoms with Gasteiger partial charge < -0.3 is 10.0 Å². The molecule has 16 heavy (non-hydrogen) atoms. The Kier molecular flexibility index (Phi) is 4.33. The summed E-state index contributed by atoms with van der Waals surface area (Å²) >= 11 is 0. The van der Waals surface area contributed by atoms with Crippen LogP contribution in [0.2, 0.25) is 0 Å². The Labute approximate surface area is 98.2 Å². The molecule has 0 saturated carbocycles. The Hall–Kier alpha value is -0.610. The van der Waals surface area contributed by atoms with Crippen LogP contribution < -0.4 is 0 Å². The molecule has 1 saturated heterocycles. The fraction of sp³-hybridized carbons (Fsp3) is 0.917. The average molecular weight is 228 g/mol. The van der Waals surface area contributed by atoms with Crippen molar-refractivity contribution in [3.8, 4) is 0 Å². The minimum Gasteiger partial charge on any atom is -0.481 e. The smallest absolute Gasteiger partial charge is 0.303 e. The topological polar surface area (TPSA) is 43.8 Å². The summed E-state index contributed by atoms with van der Waals surface area (Å²) in [5.74, 6) is -0.693. The first-order valence-electron chi connectivity index (χ1n) is 5.98. The lowest BCUT2D eigenvalue weighted by molar-refractivity contribution is -0.137. The van der Waals surface area contributed by atoms with Gasteiger partial charge in [0.15, 0.2) is 0 Å². The van der Waals surface area contributed by atoms with Crippen molar-refractivity contribution < 1.29 is 9.90 Å². The van der Waals surface area contributed by atoms with Gasteiger partial charge in [-0.2, -0.15) is 0 Å². The van der Waals surface area contributed by atoms with Crippen molar-refractivity contribution in [2.75, 3.05) is 26.7 Å². The van der Waals surface area contributed by atoms with Gasteiger partial charge in [0.05, 0.1) is 0 Å². The van der Waals surface area contributed by atoms with Gasteiger partial charge in [0.1, 0.15) is 0 Å². The normalized spacial score (nSPS) is 24.6. The van der Waals surface area contributed by atoms with E-state index in [2.05, 4.69) is 37.6 Å². The van der Waals surface area contributed by atoms with Crippen LogP contribution in [0, 0.1) is 0 Å². The van der Waals surface area contributed by atoms with E-state index in [4.69, 9.17) is 5.11 Å². The van der Waals surface area contributed by atoms with Gasteiger partial charge in [-0.3, -0.25) is 9.69 Å². The third-order valence-electron chi connectivity index (χ3n) is 3.42. The Bertz CT molecular complexity index is 248. The highest BCUT2D eigenvalue weighted by molar-refractivity contribution is 5.66. The van der Waals surface area contributed by atoms with Crippen molar-refractivity contribution in [1.29, 1.82) is 0 Å². The van der Waals surface area contributed by atoms with Gasteiger partial charge in [0, 0.05) is 37.6 Å². The van der Waals surface area contributed by atoms with Crippen LogP contribution in [-0.2, 0) is 4.79 Å². The van der Waals surface area contributed by atoms with Crippen molar-refractivity contribution in [2.45, 2.75) is 45.2 Å². The molecule has 0 amide bonds. The first kappa shape index (κ1) is 13.5. The lowest BCUT2D eigenvalue weighted by atomic mass is 10.00. The van der Waals surface area contributed by atoms with Gasteiger partial charge in [0.25, 0.3) is 0 Å². The van der Waals surface area contributed by atoms with Crippen LogP contribution >= 0.6 is 0 Å². The second kappa shape index (κ2) is 5.15. The molecule has 1 aliphatic rings. The number of carboxylic acid groups (broad SMARTS) is 1. The molecule has 4 heteroatoms. The van der Waals surface area contributed by atoms with Crippen molar-refractivity contribution in [1.82, 2.24) is 9.80 Å². The summed E-state index contributed by atoms with van der Waals surface area (Å²) in [5, 5.41) is 8.72. The molecule has 1 atom stereocenters. The first-order chi connectivity index (χ1) is 7.30. The second-order valence-corrected chi connectivity index (χ2v) is 5.68. The lowest BCUT2D eigenvalue weighted by Crippen LogP contribution is -2.57. The maximum absolute atomic E-state index is 10.6. The van der Waals surface area contributed by atoms with Crippen LogP contribution in [0.15, 0.2) is 0 Å². The number of likely N-dealkylation sites (N-methyl/N-ethyl adjacent to an activating group) is 1. The zero-order chi connectivity index (χ0) is 12.3. The Morgan fingerprint density at radius 3 is 2.50 bits per heavy atom. The maximum Gasteiger partial charge on any atom is 0.303 e. The average Bonchev–Trinajstić information content (AvgIpc) is 2.14. The van der Waals surface area contributed by atoms with Crippen molar-refractivity contribution >= 4 is 5.97 Å². The van der Waals surface area contributed by atoms with E-state index in [0.717, 1.165) is 26.1 Å². The van der Waals surface area contributed by atoms with Gasteiger partial charge in [-0.05, 0) is 34.2 Å². The van der Waals surface area contributed by atoms with Crippen LogP contribution in [0.25, 0.3) is 0 Å². The molecule has 1 rings (SSSR count). The van der Waals surface area contributed by atoms with Crippen LogP contribution in [0.1, 0.15) is 33.6 Å². The molecular formula is C12H24N2O2. The number of piperazine rings is 1. The van der Waals surface area contributed by atoms with Crippen LogP contribution in [-0.4, -0.2) is 59.1 Å². The molecule has 0 radical (unpaired) electrons. The number of nitrogens with zero attached hydrogens (tertiary/aromatic N) is 2. The zero-order valence-corrected chi connectivity index (χ0v) is 10.9. The number of carboxylic acids is 1. The number of rotatable bonds is 3. The number of hydrogen-bond donors (Lipinski definition) is 1. The molecule has 1 N–H and O–H groups in total. The largest absolute Gasteiger partial charge is 0.481 e. The van der Waals surface area contributed by atoms with Crippen LogP contribution in [0.5, 0.6) is 0 Å². The van der Waals surface area contributed by atoms with E-state index in [9.17, 15) is 4.79 Å². The van der Waals surface area contributed by atoms with E-state index in [1.54, 1.807) is 0 Å². The summed E-state index contributed by atoms with van der Waals surface area (Å²) in [4.78, 5) is 15.3. The molecule has 94 valence electrons. The van der Waals surface area contributed by atoms with Gasteiger partial charge in [0.2, 0.25) is 0 Å². The number of hydrogen-bond acceptors (Lipinski definition) is 3. The second-order valence-electron chi connectivity index (χ2n) is 5.68. The van der Waals surface area contributed by atoms with Crippen molar-refractivity contribution in [2.24, 2.45) is 0 Å². The fourth-order valence-corrected chi connectivity index (χ4v) is 2.16. The van der Waals surface area contributed by atoms with Gasteiger partial charge >= 0.3 is 5.97 Å². The third-order valence-corrected chi connectivity index (χ3v) is 3.42. The molecule has 0 aromatic heterocycles. The quantitative estimate of drug-likeness (QED) is 0.790. The highest BCUT2D eigenvalue weighted by atomic mass is 16.4. The molecule has 0 aromatic carbocycles. The van der Waals surface area contributed by atoms with Gasteiger partial charge in [-0.1, -0.05) is 0 Å². The molecule has 1 heterocycles. The van der Waals surface area contributed by atoms with E-state index < -0.39 is 5.97 Å². The van der Waals surface area contributed by atoms with Gasteiger partial charge in [-0.25, -0.2) is 0 Å². The predicted molar refractivity (Wildman–Crippen MR) is 64.6 cm³/mol. The summed E-state index contributed by atoms with van der Waals surface area (Å²) in [7, 11) is 2.09. The zero-order valence-electron chi connectivity index (χ0n) is 10.9. The van der Waals surface area contributed by atoms with E-state index in [0.29, 0.717) is 6.04 Å².